The Morgan fingerprint density at radius 3 is 2.60 bits per heavy atom. The summed E-state index contributed by atoms with van der Waals surface area (Å²) in [6, 6.07) is 16.8. The normalized spacial score (nSPS) is 15.1. The highest BCUT2D eigenvalue weighted by Crippen LogP contribution is 2.38. The smallest absolute Gasteiger partial charge is 0.254 e. The van der Waals surface area contributed by atoms with Crippen LogP contribution < -0.4 is 0 Å². The largest absolute Gasteiger partial charge is 0.382 e. The molecule has 2 amide bonds. The van der Waals surface area contributed by atoms with Gasteiger partial charge in [0.2, 0.25) is 5.91 Å². The van der Waals surface area contributed by atoms with Gasteiger partial charge in [-0.25, -0.2) is 0 Å². The van der Waals surface area contributed by atoms with Crippen LogP contribution in [0.4, 0.5) is 0 Å². The molecule has 0 saturated heterocycles. The number of benzene rings is 2. The molecule has 1 aliphatic heterocycles. The summed E-state index contributed by atoms with van der Waals surface area (Å²) in [5.74, 6) is -0.220. The summed E-state index contributed by atoms with van der Waals surface area (Å²) in [6.07, 6.45) is 1.48. The third kappa shape index (κ3) is 6.33. The quantitative estimate of drug-likeness (QED) is 0.285. The van der Waals surface area contributed by atoms with Gasteiger partial charge in [0.25, 0.3) is 5.91 Å². The Bertz CT molecular complexity index is 1150. The molecule has 0 saturated carbocycles. The van der Waals surface area contributed by atoms with Crippen molar-refractivity contribution in [2.75, 3.05) is 32.8 Å². The Hall–Kier alpha value is -2.19. The number of carbonyl (C=O) groups excluding carboxylic acids is 2. The first-order valence-electron chi connectivity index (χ1n) is 11.7. The fourth-order valence-corrected chi connectivity index (χ4v) is 5.67. The van der Waals surface area contributed by atoms with E-state index in [-0.39, 0.29) is 24.4 Å². The van der Waals surface area contributed by atoms with Crippen LogP contribution in [0.25, 0.3) is 0 Å². The molecule has 2 heterocycles. The highest BCUT2D eigenvalue weighted by molar-refractivity contribution is 9.10. The number of amides is 2. The van der Waals surface area contributed by atoms with E-state index in [1.165, 1.54) is 4.88 Å². The van der Waals surface area contributed by atoms with Gasteiger partial charge in [0.15, 0.2) is 0 Å². The van der Waals surface area contributed by atoms with Gasteiger partial charge in [-0.3, -0.25) is 9.59 Å². The standard InChI is InChI=1S/C27H28BrClN2O3S/c1-2-34-16-3-14-30(27(33)20-4-8-21(28)9-5-20)18-25(32)31-15-12-24-23(13-17-35-24)26(31)19-6-10-22(29)11-7-19/h4-11,13,17,26H,2-3,12,14-16,18H2,1H3. The number of fused-ring (bicyclic) bond motifs is 1. The van der Waals surface area contributed by atoms with Crippen molar-refractivity contribution in [2.45, 2.75) is 25.8 Å². The van der Waals surface area contributed by atoms with Crippen molar-refractivity contribution in [1.29, 1.82) is 0 Å². The van der Waals surface area contributed by atoms with Crippen LogP contribution in [0.15, 0.2) is 64.5 Å². The molecule has 5 nitrogen and oxygen atoms in total. The monoisotopic (exact) mass is 574 g/mol. The SMILES string of the molecule is CCOCCCN(CC(=O)N1CCc2sccc2C1c1ccc(Cl)cc1)C(=O)c1ccc(Br)cc1. The van der Waals surface area contributed by atoms with Crippen LogP contribution in [0.3, 0.4) is 0 Å². The maximum Gasteiger partial charge on any atom is 0.254 e. The Balaban J connectivity index is 1.57. The van der Waals surface area contributed by atoms with Gasteiger partial charge in [-0.1, -0.05) is 39.7 Å². The van der Waals surface area contributed by atoms with Gasteiger partial charge >= 0.3 is 0 Å². The van der Waals surface area contributed by atoms with E-state index in [9.17, 15) is 9.59 Å². The number of hydrogen-bond donors (Lipinski definition) is 0. The van der Waals surface area contributed by atoms with Gasteiger partial charge in [-0.2, -0.15) is 0 Å². The fraction of sp³-hybridized carbons (Fsp3) is 0.333. The molecular formula is C27H28BrClN2O3S. The minimum atomic E-state index is -0.192. The number of hydrogen-bond acceptors (Lipinski definition) is 4. The minimum absolute atomic E-state index is 0.0184. The molecule has 35 heavy (non-hydrogen) atoms. The van der Waals surface area contributed by atoms with Crippen molar-refractivity contribution in [3.05, 3.63) is 91.0 Å². The Labute approximate surface area is 223 Å². The molecule has 2 aromatic carbocycles. The van der Waals surface area contributed by atoms with E-state index in [2.05, 4.69) is 27.4 Å². The zero-order valence-electron chi connectivity index (χ0n) is 19.6. The zero-order chi connectivity index (χ0) is 24.8. The van der Waals surface area contributed by atoms with Gasteiger partial charge in [0.05, 0.1) is 6.04 Å². The van der Waals surface area contributed by atoms with Crippen molar-refractivity contribution in [2.24, 2.45) is 0 Å². The lowest BCUT2D eigenvalue weighted by atomic mass is 9.93. The van der Waals surface area contributed by atoms with Crippen molar-refractivity contribution in [3.63, 3.8) is 0 Å². The molecule has 184 valence electrons. The summed E-state index contributed by atoms with van der Waals surface area (Å²) in [5, 5.41) is 2.74. The first-order chi connectivity index (χ1) is 17.0. The van der Waals surface area contributed by atoms with E-state index in [1.54, 1.807) is 28.4 Å². The molecule has 1 unspecified atom stereocenters. The van der Waals surface area contributed by atoms with E-state index in [0.717, 1.165) is 22.0 Å². The lowest BCUT2D eigenvalue weighted by Crippen LogP contribution is -2.47. The number of ether oxygens (including phenoxy) is 1. The van der Waals surface area contributed by atoms with E-state index in [1.807, 2.05) is 48.2 Å². The molecule has 0 N–H and O–H groups in total. The Morgan fingerprint density at radius 1 is 1.14 bits per heavy atom. The predicted octanol–water partition coefficient (Wildman–Crippen LogP) is 6.21. The van der Waals surface area contributed by atoms with Gasteiger partial charge < -0.3 is 14.5 Å². The van der Waals surface area contributed by atoms with Gasteiger partial charge in [-0.05, 0) is 78.7 Å². The van der Waals surface area contributed by atoms with E-state index >= 15 is 0 Å². The zero-order valence-corrected chi connectivity index (χ0v) is 22.7. The lowest BCUT2D eigenvalue weighted by Gasteiger charge is -2.37. The summed E-state index contributed by atoms with van der Waals surface area (Å²) in [6.45, 7) is 4.19. The van der Waals surface area contributed by atoms with Crippen molar-refractivity contribution in [1.82, 2.24) is 9.80 Å². The van der Waals surface area contributed by atoms with Gasteiger partial charge in [-0.15, -0.1) is 11.3 Å². The van der Waals surface area contributed by atoms with Gasteiger partial charge in [0, 0.05) is 46.2 Å². The highest BCUT2D eigenvalue weighted by atomic mass is 79.9. The summed E-state index contributed by atoms with van der Waals surface area (Å²) >= 11 is 11.3. The van der Waals surface area contributed by atoms with Crippen LogP contribution in [0.5, 0.6) is 0 Å². The molecule has 0 fully saturated rings. The number of rotatable bonds is 9. The van der Waals surface area contributed by atoms with Crippen LogP contribution in [0.1, 0.15) is 45.7 Å². The number of thiophene rings is 1. The average Bonchev–Trinajstić information content (AvgIpc) is 3.35. The van der Waals surface area contributed by atoms with Gasteiger partial charge in [0.1, 0.15) is 6.54 Å². The summed E-state index contributed by atoms with van der Waals surface area (Å²) in [4.78, 5) is 32.0. The van der Waals surface area contributed by atoms with Crippen LogP contribution >= 0.6 is 38.9 Å². The molecule has 0 aliphatic carbocycles. The molecule has 0 bridgehead atoms. The number of carbonyl (C=O) groups is 2. The summed E-state index contributed by atoms with van der Waals surface area (Å²) in [7, 11) is 0. The second-order valence-electron chi connectivity index (χ2n) is 8.37. The second kappa shape index (κ2) is 12.2. The third-order valence-corrected chi connectivity index (χ3v) is 7.87. The molecule has 4 rings (SSSR count). The lowest BCUT2D eigenvalue weighted by molar-refractivity contribution is -0.134. The van der Waals surface area contributed by atoms with Crippen LogP contribution in [-0.2, 0) is 16.0 Å². The molecule has 0 radical (unpaired) electrons. The molecule has 0 spiro atoms. The van der Waals surface area contributed by atoms with Crippen molar-refractivity contribution < 1.29 is 14.3 Å². The number of halogens is 2. The molecule has 3 aromatic rings. The van der Waals surface area contributed by atoms with E-state index in [0.29, 0.717) is 43.3 Å². The summed E-state index contributed by atoms with van der Waals surface area (Å²) < 4.78 is 6.37. The average molecular weight is 576 g/mol. The van der Waals surface area contributed by atoms with Crippen LogP contribution in [0, 0.1) is 0 Å². The minimum Gasteiger partial charge on any atom is -0.382 e. The molecule has 8 heteroatoms. The molecule has 1 aliphatic rings. The first kappa shape index (κ1) is 25.9. The Morgan fingerprint density at radius 2 is 1.89 bits per heavy atom. The fourth-order valence-electron chi connectivity index (χ4n) is 4.37. The topological polar surface area (TPSA) is 49.9 Å². The van der Waals surface area contributed by atoms with Crippen LogP contribution in [0.2, 0.25) is 5.02 Å². The maximum absolute atomic E-state index is 13.7. The molecule has 1 atom stereocenters. The van der Waals surface area contributed by atoms with E-state index in [4.69, 9.17) is 16.3 Å². The maximum atomic E-state index is 13.7. The predicted molar refractivity (Wildman–Crippen MR) is 144 cm³/mol. The first-order valence-corrected chi connectivity index (χ1v) is 13.8. The third-order valence-electron chi connectivity index (χ3n) is 6.10. The van der Waals surface area contributed by atoms with Crippen LogP contribution in [-0.4, -0.2) is 54.5 Å². The highest BCUT2D eigenvalue weighted by Gasteiger charge is 2.34. The Kier molecular flexibility index (Phi) is 9.00. The summed E-state index contributed by atoms with van der Waals surface area (Å²) in [5.41, 5.74) is 2.73. The number of nitrogens with zero attached hydrogens (tertiary/aromatic N) is 2. The van der Waals surface area contributed by atoms with Crippen molar-refractivity contribution in [3.8, 4) is 0 Å². The van der Waals surface area contributed by atoms with E-state index < -0.39 is 0 Å². The second-order valence-corrected chi connectivity index (χ2v) is 10.7. The molecular weight excluding hydrogens is 548 g/mol. The van der Waals surface area contributed by atoms with Crippen molar-refractivity contribution >= 4 is 50.7 Å². The molecule has 1 aromatic heterocycles.